The Morgan fingerprint density at radius 1 is 0.935 bits per heavy atom. The van der Waals surface area contributed by atoms with Gasteiger partial charge in [0.1, 0.15) is 12.4 Å². The van der Waals surface area contributed by atoms with Crippen LogP contribution in [0, 0.1) is 0 Å². The van der Waals surface area contributed by atoms with E-state index in [4.69, 9.17) is 4.74 Å². The predicted molar refractivity (Wildman–Crippen MR) is 125 cm³/mol. The van der Waals surface area contributed by atoms with Crippen molar-refractivity contribution in [2.24, 2.45) is 0 Å². The zero-order chi connectivity index (χ0) is 21.0. The Kier molecular flexibility index (Phi) is 5.74. The number of fused-ring (bicyclic) bond motifs is 1. The molecular formula is C27H28N2O2. The van der Waals surface area contributed by atoms with Crippen molar-refractivity contribution >= 4 is 10.9 Å². The Morgan fingerprint density at radius 2 is 1.81 bits per heavy atom. The maximum atomic E-state index is 9.58. The average Bonchev–Trinajstić information content (AvgIpc) is 3.44. The first-order valence-electron chi connectivity index (χ1n) is 11.0. The molecule has 1 fully saturated rings. The number of rotatable bonds is 7. The van der Waals surface area contributed by atoms with Crippen molar-refractivity contribution in [1.29, 1.82) is 0 Å². The molecule has 2 N–H and O–H groups in total. The lowest BCUT2D eigenvalue weighted by Gasteiger charge is -2.21. The molecule has 0 spiro atoms. The van der Waals surface area contributed by atoms with E-state index in [1.54, 1.807) is 0 Å². The van der Waals surface area contributed by atoms with Gasteiger partial charge in [0.25, 0.3) is 0 Å². The van der Waals surface area contributed by atoms with Crippen LogP contribution in [0.5, 0.6) is 5.75 Å². The van der Waals surface area contributed by atoms with Gasteiger partial charge in [0.2, 0.25) is 0 Å². The molecule has 5 rings (SSSR count). The van der Waals surface area contributed by atoms with Crippen LogP contribution in [0.25, 0.3) is 22.0 Å². The van der Waals surface area contributed by atoms with Crippen LogP contribution in [-0.2, 0) is 13.2 Å². The van der Waals surface area contributed by atoms with E-state index in [2.05, 4.69) is 58.4 Å². The molecule has 0 amide bonds. The first kappa shape index (κ1) is 19.9. The van der Waals surface area contributed by atoms with Gasteiger partial charge in [-0.15, -0.1) is 0 Å². The minimum Gasteiger partial charge on any atom is -0.489 e. The summed E-state index contributed by atoms with van der Waals surface area (Å²) >= 11 is 0. The van der Waals surface area contributed by atoms with Crippen molar-refractivity contribution in [3.05, 3.63) is 90.1 Å². The molecule has 3 aromatic carbocycles. The number of nitrogens with zero attached hydrogens (tertiary/aromatic N) is 1. The Balaban J connectivity index is 1.33. The summed E-state index contributed by atoms with van der Waals surface area (Å²) in [7, 11) is 0. The van der Waals surface area contributed by atoms with Gasteiger partial charge in [-0.05, 0) is 72.5 Å². The number of hydrogen-bond donors (Lipinski definition) is 2. The topological polar surface area (TPSA) is 48.5 Å². The standard InChI is InChI=1S/C27H28N2O2/c30-18-25-8-5-13-29(25)17-24-16-23-15-22(11-12-27(23)28-24)21-7-4-6-20(14-21)19-31-26-9-2-1-3-10-26/h1-4,6-7,9-12,14-16,25,28,30H,5,8,13,17-19H2/t25-/m1/s1. The number of nitrogens with one attached hydrogen (secondary N) is 1. The van der Waals surface area contributed by atoms with Gasteiger partial charge in [0.15, 0.2) is 0 Å². The fourth-order valence-electron chi connectivity index (χ4n) is 4.51. The Labute approximate surface area is 183 Å². The first-order valence-corrected chi connectivity index (χ1v) is 11.0. The Bertz CT molecular complexity index is 1150. The second-order valence-electron chi connectivity index (χ2n) is 8.35. The average molecular weight is 413 g/mol. The predicted octanol–water partition coefficient (Wildman–Crippen LogP) is 5.37. The number of H-pyrrole nitrogens is 1. The highest BCUT2D eigenvalue weighted by Gasteiger charge is 2.24. The van der Waals surface area contributed by atoms with Gasteiger partial charge in [-0.2, -0.15) is 0 Å². The van der Waals surface area contributed by atoms with E-state index in [1.165, 1.54) is 28.6 Å². The van der Waals surface area contributed by atoms with Crippen LogP contribution in [-0.4, -0.2) is 34.2 Å². The summed E-state index contributed by atoms with van der Waals surface area (Å²) in [6.07, 6.45) is 2.26. The summed E-state index contributed by atoms with van der Waals surface area (Å²) in [5, 5.41) is 10.8. The molecule has 0 unspecified atom stereocenters. The van der Waals surface area contributed by atoms with Crippen LogP contribution in [0.2, 0.25) is 0 Å². The molecule has 4 aromatic rings. The zero-order valence-corrected chi connectivity index (χ0v) is 17.6. The number of ether oxygens (including phenoxy) is 1. The molecule has 0 radical (unpaired) electrons. The molecule has 31 heavy (non-hydrogen) atoms. The van der Waals surface area contributed by atoms with Gasteiger partial charge < -0.3 is 14.8 Å². The number of aromatic amines is 1. The Morgan fingerprint density at radius 3 is 2.68 bits per heavy atom. The number of aliphatic hydroxyl groups excluding tert-OH is 1. The largest absolute Gasteiger partial charge is 0.489 e. The highest BCUT2D eigenvalue weighted by atomic mass is 16.5. The highest BCUT2D eigenvalue weighted by molar-refractivity contribution is 5.86. The summed E-state index contributed by atoms with van der Waals surface area (Å²) in [6.45, 7) is 2.72. The maximum absolute atomic E-state index is 9.58. The van der Waals surface area contributed by atoms with Gasteiger partial charge in [-0.25, -0.2) is 0 Å². The molecule has 4 heteroatoms. The molecule has 0 bridgehead atoms. The highest BCUT2D eigenvalue weighted by Crippen LogP contribution is 2.27. The van der Waals surface area contributed by atoms with Crippen LogP contribution in [0.15, 0.2) is 78.9 Å². The van der Waals surface area contributed by atoms with E-state index in [0.29, 0.717) is 12.6 Å². The van der Waals surface area contributed by atoms with Crippen molar-refractivity contribution in [1.82, 2.24) is 9.88 Å². The van der Waals surface area contributed by atoms with Crippen LogP contribution in [0.1, 0.15) is 24.1 Å². The van der Waals surface area contributed by atoms with E-state index in [1.807, 2.05) is 30.3 Å². The third kappa shape index (κ3) is 4.50. The number of benzene rings is 3. The van der Waals surface area contributed by atoms with E-state index in [-0.39, 0.29) is 6.61 Å². The van der Waals surface area contributed by atoms with E-state index >= 15 is 0 Å². The van der Waals surface area contributed by atoms with E-state index in [0.717, 1.165) is 36.3 Å². The quantitative estimate of drug-likeness (QED) is 0.429. The second kappa shape index (κ2) is 8.96. The number of aromatic nitrogens is 1. The molecule has 1 atom stereocenters. The molecule has 1 aromatic heterocycles. The SMILES string of the molecule is OC[C@H]1CCCN1Cc1cc2cc(-c3cccc(COc4ccccc4)c3)ccc2[nH]1. The molecule has 2 heterocycles. The van der Waals surface area contributed by atoms with Crippen molar-refractivity contribution in [2.45, 2.75) is 32.0 Å². The second-order valence-corrected chi connectivity index (χ2v) is 8.35. The van der Waals surface area contributed by atoms with Crippen molar-refractivity contribution in [3.63, 3.8) is 0 Å². The normalized spacial score (nSPS) is 16.7. The summed E-state index contributed by atoms with van der Waals surface area (Å²) in [4.78, 5) is 5.93. The zero-order valence-electron chi connectivity index (χ0n) is 17.6. The van der Waals surface area contributed by atoms with Gasteiger partial charge in [0.05, 0.1) is 6.61 Å². The van der Waals surface area contributed by atoms with E-state index in [9.17, 15) is 5.11 Å². The van der Waals surface area contributed by atoms with Crippen LogP contribution < -0.4 is 4.74 Å². The lowest BCUT2D eigenvalue weighted by molar-refractivity contribution is 0.152. The molecule has 1 saturated heterocycles. The minimum atomic E-state index is 0.245. The third-order valence-corrected chi connectivity index (χ3v) is 6.17. The third-order valence-electron chi connectivity index (χ3n) is 6.17. The lowest BCUT2D eigenvalue weighted by atomic mass is 10.0. The lowest BCUT2D eigenvalue weighted by Crippen LogP contribution is -2.31. The molecule has 0 aliphatic carbocycles. The molecule has 1 aliphatic heterocycles. The summed E-state index contributed by atoms with van der Waals surface area (Å²) in [5.74, 6) is 0.885. The fraction of sp³-hybridized carbons (Fsp3) is 0.259. The summed E-state index contributed by atoms with van der Waals surface area (Å²) < 4.78 is 5.91. The molecule has 0 saturated carbocycles. The van der Waals surface area contributed by atoms with Gasteiger partial charge in [-0.1, -0.05) is 42.5 Å². The monoisotopic (exact) mass is 412 g/mol. The van der Waals surface area contributed by atoms with Crippen LogP contribution in [0.4, 0.5) is 0 Å². The van der Waals surface area contributed by atoms with Gasteiger partial charge in [-0.3, -0.25) is 4.90 Å². The van der Waals surface area contributed by atoms with E-state index < -0.39 is 0 Å². The molecule has 4 nitrogen and oxygen atoms in total. The summed E-state index contributed by atoms with van der Waals surface area (Å²) in [5.41, 5.74) is 5.91. The Hall–Kier alpha value is -3.08. The van der Waals surface area contributed by atoms with Crippen molar-refractivity contribution in [3.8, 4) is 16.9 Å². The van der Waals surface area contributed by atoms with Crippen molar-refractivity contribution < 1.29 is 9.84 Å². The maximum Gasteiger partial charge on any atom is 0.119 e. The van der Waals surface area contributed by atoms with Crippen LogP contribution >= 0.6 is 0 Å². The summed E-state index contributed by atoms with van der Waals surface area (Å²) in [6, 6.07) is 27.6. The first-order chi connectivity index (χ1) is 15.3. The van der Waals surface area contributed by atoms with Crippen molar-refractivity contribution in [2.75, 3.05) is 13.2 Å². The molecule has 158 valence electrons. The fourth-order valence-corrected chi connectivity index (χ4v) is 4.51. The van der Waals surface area contributed by atoms with Gasteiger partial charge >= 0.3 is 0 Å². The number of hydrogen-bond acceptors (Lipinski definition) is 3. The smallest absolute Gasteiger partial charge is 0.119 e. The molecular weight excluding hydrogens is 384 g/mol. The molecule has 1 aliphatic rings. The minimum absolute atomic E-state index is 0.245. The van der Waals surface area contributed by atoms with Crippen LogP contribution in [0.3, 0.4) is 0 Å². The number of likely N-dealkylation sites (tertiary alicyclic amines) is 1. The number of aliphatic hydroxyl groups is 1. The number of para-hydroxylation sites is 1. The van der Waals surface area contributed by atoms with Gasteiger partial charge in [0, 0.05) is 29.2 Å².